The maximum Gasteiger partial charge on any atom is 0.188 e. The molecule has 0 fully saturated rings. The van der Waals surface area contributed by atoms with E-state index in [1.54, 1.807) is 0 Å². The van der Waals surface area contributed by atoms with Gasteiger partial charge in [0.25, 0.3) is 0 Å². The number of rotatable bonds is 3. The second kappa shape index (κ2) is 4.00. The van der Waals surface area contributed by atoms with Crippen molar-refractivity contribution in [3.05, 3.63) is 42.0 Å². The van der Waals surface area contributed by atoms with Gasteiger partial charge in [-0.3, -0.25) is 4.79 Å². The maximum atomic E-state index is 13.1. The lowest BCUT2D eigenvalue weighted by atomic mass is 10.1. The van der Waals surface area contributed by atoms with Crippen molar-refractivity contribution in [2.24, 2.45) is 0 Å². The summed E-state index contributed by atoms with van der Waals surface area (Å²) >= 11 is 0. The number of ketones is 1. The SMILES string of the molecule is C=CC(=O)c1cc(F)c(OC)cc1F. The summed E-state index contributed by atoms with van der Waals surface area (Å²) in [5.41, 5.74) is -0.349. The summed E-state index contributed by atoms with van der Waals surface area (Å²) in [5, 5.41) is 0. The third-order valence-corrected chi connectivity index (χ3v) is 1.69. The molecule has 0 N–H and O–H groups in total. The summed E-state index contributed by atoms with van der Waals surface area (Å²) < 4.78 is 30.7. The van der Waals surface area contributed by atoms with E-state index in [1.165, 1.54) is 7.11 Å². The monoisotopic (exact) mass is 198 g/mol. The van der Waals surface area contributed by atoms with Crippen LogP contribution in [0, 0.1) is 11.6 Å². The molecule has 1 rings (SSSR count). The van der Waals surface area contributed by atoms with Crippen molar-refractivity contribution in [1.29, 1.82) is 0 Å². The Morgan fingerprint density at radius 2 is 2.07 bits per heavy atom. The van der Waals surface area contributed by atoms with Gasteiger partial charge >= 0.3 is 0 Å². The zero-order valence-electron chi connectivity index (χ0n) is 7.51. The topological polar surface area (TPSA) is 26.3 Å². The zero-order valence-corrected chi connectivity index (χ0v) is 7.51. The molecule has 0 saturated carbocycles. The molecule has 0 aromatic heterocycles. The number of carbonyl (C=O) groups excluding carboxylic acids is 1. The van der Waals surface area contributed by atoms with Crippen LogP contribution in [0.15, 0.2) is 24.8 Å². The van der Waals surface area contributed by atoms with Crippen LogP contribution in [0.25, 0.3) is 0 Å². The van der Waals surface area contributed by atoms with Gasteiger partial charge in [-0.15, -0.1) is 0 Å². The Morgan fingerprint density at radius 1 is 1.43 bits per heavy atom. The number of halogens is 2. The lowest BCUT2D eigenvalue weighted by molar-refractivity contribution is 0.104. The Balaban J connectivity index is 3.28. The predicted molar refractivity (Wildman–Crippen MR) is 47.4 cm³/mol. The fourth-order valence-corrected chi connectivity index (χ4v) is 0.984. The lowest BCUT2D eigenvalue weighted by Crippen LogP contribution is -2.01. The quantitative estimate of drug-likeness (QED) is 0.550. The van der Waals surface area contributed by atoms with Crippen molar-refractivity contribution in [2.75, 3.05) is 7.11 Å². The largest absolute Gasteiger partial charge is 0.494 e. The molecule has 0 aliphatic carbocycles. The van der Waals surface area contributed by atoms with Crippen molar-refractivity contribution in [3.63, 3.8) is 0 Å². The fraction of sp³-hybridized carbons (Fsp3) is 0.100. The van der Waals surface area contributed by atoms with Gasteiger partial charge in [0.1, 0.15) is 5.82 Å². The molecule has 0 atom stereocenters. The van der Waals surface area contributed by atoms with Crippen LogP contribution in [-0.4, -0.2) is 12.9 Å². The first-order chi connectivity index (χ1) is 6.60. The van der Waals surface area contributed by atoms with Gasteiger partial charge in [-0.25, -0.2) is 8.78 Å². The Kier molecular flexibility index (Phi) is 2.96. The van der Waals surface area contributed by atoms with Crippen molar-refractivity contribution in [1.82, 2.24) is 0 Å². The molecular weight excluding hydrogens is 190 g/mol. The van der Waals surface area contributed by atoms with Crippen molar-refractivity contribution >= 4 is 5.78 Å². The molecule has 0 aliphatic heterocycles. The smallest absolute Gasteiger partial charge is 0.188 e. The van der Waals surface area contributed by atoms with E-state index in [1.807, 2.05) is 0 Å². The van der Waals surface area contributed by atoms with Crippen LogP contribution >= 0.6 is 0 Å². The number of allylic oxidation sites excluding steroid dienone is 1. The molecule has 0 aliphatic rings. The molecule has 1 aromatic carbocycles. The highest BCUT2D eigenvalue weighted by atomic mass is 19.1. The highest BCUT2D eigenvalue weighted by molar-refractivity contribution is 6.04. The van der Waals surface area contributed by atoms with Crippen molar-refractivity contribution < 1.29 is 18.3 Å². The van der Waals surface area contributed by atoms with E-state index in [9.17, 15) is 13.6 Å². The molecule has 1 aromatic rings. The van der Waals surface area contributed by atoms with E-state index in [0.717, 1.165) is 18.2 Å². The molecule has 0 heterocycles. The van der Waals surface area contributed by atoms with Gasteiger partial charge in [0.15, 0.2) is 17.3 Å². The van der Waals surface area contributed by atoms with Crippen molar-refractivity contribution in [2.45, 2.75) is 0 Å². The minimum atomic E-state index is -0.826. The van der Waals surface area contributed by atoms with Gasteiger partial charge in [0.05, 0.1) is 12.7 Å². The van der Waals surface area contributed by atoms with Crippen LogP contribution in [0.2, 0.25) is 0 Å². The average molecular weight is 198 g/mol. The third kappa shape index (κ3) is 1.79. The van der Waals surface area contributed by atoms with Gasteiger partial charge in [-0.05, 0) is 12.1 Å². The Bertz CT molecular complexity index is 386. The van der Waals surface area contributed by atoms with Crippen LogP contribution in [0.5, 0.6) is 5.75 Å². The first kappa shape index (κ1) is 10.4. The maximum absolute atomic E-state index is 13.1. The minimum Gasteiger partial charge on any atom is -0.494 e. The summed E-state index contributed by atoms with van der Waals surface area (Å²) in [4.78, 5) is 11.0. The standard InChI is InChI=1S/C10H8F2O2/c1-3-9(13)6-4-8(12)10(14-2)5-7(6)11/h3-5H,1H2,2H3. The second-order valence-corrected chi connectivity index (χ2v) is 2.53. The first-order valence-corrected chi connectivity index (χ1v) is 3.80. The predicted octanol–water partition coefficient (Wildman–Crippen LogP) is 2.34. The third-order valence-electron chi connectivity index (χ3n) is 1.69. The van der Waals surface area contributed by atoms with Crippen LogP contribution in [0.1, 0.15) is 10.4 Å². The first-order valence-electron chi connectivity index (χ1n) is 3.80. The van der Waals surface area contributed by atoms with Gasteiger partial charge in [-0.2, -0.15) is 0 Å². The van der Waals surface area contributed by atoms with Crippen LogP contribution in [-0.2, 0) is 0 Å². The molecule has 0 bridgehead atoms. The van der Waals surface area contributed by atoms with Gasteiger partial charge in [0, 0.05) is 6.07 Å². The van der Waals surface area contributed by atoms with Crippen LogP contribution in [0.3, 0.4) is 0 Å². The minimum absolute atomic E-state index is 0.233. The zero-order chi connectivity index (χ0) is 10.7. The van der Waals surface area contributed by atoms with E-state index < -0.39 is 17.4 Å². The number of hydrogen-bond donors (Lipinski definition) is 0. The fourth-order valence-electron chi connectivity index (χ4n) is 0.984. The average Bonchev–Trinajstić information content (AvgIpc) is 2.19. The number of methoxy groups -OCH3 is 1. The van der Waals surface area contributed by atoms with Gasteiger partial charge < -0.3 is 4.74 Å². The van der Waals surface area contributed by atoms with E-state index in [4.69, 9.17) is 0 Å². The van der Waals surface area contributed by atoms with Crippen LogP contribution < -0.4 is 4.74 Å². The Labute approximate surface area is 79.8 Å². The summed E-state index contributed by atoms with van der Waals surface area (Å²) in [6.07, 6.45) is 0.921. The molecule has 0 radical (unpaired) electrons. The lowest BCUT2D eigenvalue weighted by Gasteiger charge is -2.04. The summed E-state index contributed by atoms with van der Waals surface area (Å²) in [5.74, 6) is -2.50. The Hall–Kier alpha value is -1.71. The molecule has 0 unspecified atom stereocenters. The van der Waals surface area contributed by atoms with E-state index in [-0.39, 0.29) is 11.3 Å². The van der Waals surface area contributed by atoms with Crippen LogP contribution in [0.4, 0.5) is 8.78 Å². The summed E-state index contributed by atoms with van der Waals surface area (Å²) in [6, 6.07) is 1.62. The number of hydrogen-bond acceptors (Lipinski definition) is 2. The molecule has 4 heteroatoms. The number of ether oxygens (including phenoxy) is 1. The van der Waals surface area contributed by atoms with E-state index >= 15 is 0 Å². The molecule has 74 valence electrons. The molecule has 0 spiro atoms. The normalized spacial score (nSPS) is 9.64. The molecule has 0 amide bonds. The molecular formula is C10H8F2O2. The number of carbonyl (C=O) groups is 1. The number of benzene rings is 1. The highest BCUT2D eigenvalue weighted by Gasteiger charge is 2.13. The van der Waals surface area contributed by atoms with E-state index in [2.05, 4.69) is 11.3 Å². The molecule has 2 nitrogen and oxygen atoms in total. The second-order valence-electron chi connectivity index (χ2n) is 2.53. The van der Waals surface area contributed by atoms with E-state index in [0.29, 0.717) is 0 Å². The highest BCUT2D eigenvalue weighted by Crippen LogP contribution is 2.21. The van der Waals surface area contributed by atoms with Gasteiger partial charge in [-0.1, -0.05) is 6.58 Å². The molecule has 0 saturated heterocycles. The van der Waals surface area contributed by atoms with Gasteiger partial charge in [0.2, 0.25) is 0 Å². The van der Waals surface area contributed by atoms with Crippen molar-refractivity contribution in [3.8, 4) is 5.75 Å². The summed E-state index contributed by atoms with van der Waals surface area (Å²) in [7, 11) is 1.22. The summed E-state index contributed by atoms with van der Waals surface area (Å²) in [6.45, 7) is 3.18. The molecule has 14 heavy (non-hydrogen) atoms. The Morgan fingerprint density at radius 3 is 2.57 bits per heavy atom.